The van der Waals surface area contributed by atoms with Gasteiger partial charge in [-0.15, -0.1) is 0 Å². The molecule has 128 valence electrons. The quantitative estimate of drug-likeness (QED) is 0.750. The normalized spacial score (nSPS) is 13.3. The second-order valence-corrected chi connectivity index (χ2v) is 8.22. The maximum Gasteiger partial charge on any atom is 0.260 e. The fraction of sp³-hybridized carbons (Fsp3) is 0.333. The largest absolute Gasteiger partial charge is 0.497 e. The van der Waals surface area contributed by atoms with Crippen molar-refractivity contribution in [3.8, 4) is 5.75 Å². The van der Waals surface area contributed by atoms with Gasteiger partial charge in [0.2, 0.25) is 4.96 Å². The molecule has 0 saturated heterocycles. The molecular weight excluding hydrogens is 348 g/mol. The van der Waals surface area contributed by atoms with E-state index in [0.717, 1.165) is 16.3 Å². The molecule has 0 saturated carbocycles. The minimum Gasteiger partial charge on any atom is -0.497 e. The molecular formula is C15H18N4O3S2. The van der Waals surface area contributed by atoms with Crippen LogP contribution >= 0.6 is 11.3 Å². The summed E-state index contributed by atoms with van der Waals surface area (Å²) in [5.41, 5.74) is 1.27. The summed E-state index contributed by atoms with van der Waals surface area (Å²) in [4.78, 5) is 4.86. The van der Waals surface area contributed by atoms with Gasteiger partial charge in [0.25, 0.3) is 10.0 Å². The molecule has 9 heteroatoms. The number of benzene rings is 1. The van der Waals surface area contributed by atoms with Gasteiger partial charge in [-0.25, -0.2) is 18.1 Å². The number of imidazole rings is 1. The van der Waals surface area contributed by atoms with Crippen molar-refractivity contribution in [3.63, 3.8) is 0 Å². The number of aromatic nitrogens is 3. The van der Waals surface area contributed by atoms with Crippen molar-refractivity contribution >= 4 is 26.3 Å². The summed E-state index contributed by atoms with van der Waals surface area (Å²) in [6.45, 7) is 5.28. The standard InChI is InChI=1S/C15H18N4O3S2/c1-9(12-5-7-13(22-4)8-6-12)18-24(20,21)14-10(2)16-15-19(14)17-11(3)23-15/h5-9,18H,1-4H3/t9-/m1/s1. The third-order valence-electron chi connectivity index (χ3n) is 3.63. The van der Waals surface area contributed by atoms with Crippen LogP contribution in [0.5, 0.6) is 5.75 Å². The molecule has 0 radical (unpaired) electrons. The van der Waals surface area contributed by atoms with E-state index in [4.69, 9.17) is 4.74 Å². The van der Waals surface area contributed by atoms with Crippen molar-refractivity contribution in [3.05, 3.63) is 40.5 Å². The van der Waals surface area contributed by atoms with Crippen molar-refractivity contribution in [2.24, 2.45) is 0 Å². The Kier molecular flexibility index (Phi) is 4.33. The zero-order valence-electron chi connectivity index (χ0n) is 13.8. The third kappa shape index (κ3) is 3.02. The minimum absolute atomic E-state index is 0.0854. The first-order valence-electron chi connectivity index (χ1n) is 7.31. The van der Waals surface area contributed by atoms with Gasteiger partial charge >= 0.3 is 0 Å². The summed E-state index contributed by atoms with van der Waals surface area (Å²) in [7, 11) is -2.17. The van der Waals surface area contributed by atoms with Crippen LogP contribution in [0, 0.1) is 13.8 Å². The van der Waals surface area contributed by atoms with Gasteiger partial charge in [0.05, 0.1) is 12.8 Å². The Morgan fingerprint density at radius 2 is 1.92 bits per heavy atom. The lowest BCUT2D eigenvalue weighted by Gasteiger charge is -2.14. The fourth-order valence-electron chi connectivity index (χ4n) is 2.48. The van der Waals surface area contributed by atoms with Gasteiger partial charge in [0, 0.05) is 6.04 Å². The molecule has 0 spiro atoms. The molecule has 0 aliphatic rings. The van der Waals surface area contributed by atoms with Crippen LogP contribution in [0.1, 0.15) is 29.2 Å². The smallest absolute Gasteiger partial charge is 0.260 e. The number of fused-ring (bicyclic) bond motifs is 1. The van der Waals surface area contributed by atoms with Crippen molar-refractivity contribution in [1.29, 1.82) is 0 Å². The molecule has 2 aromatic heterocycles. The molecule has 0 fully saturated rings. The molecule has 3 aromatic rings. The summed E-state index contributed by atoms with van der Waals surface area (Å²) in [6.07, 6.45) is 0. The van der Waals surface area contributed by atoms with Gasteiger partial charge in [0.15, 0.2) is 5.03 Å². The first-order valence-corrected chi connectivity index (χ1v) is 9.61. The number of methoxy groups -OCH3 is 1. The molecule has 0 aliphatic heterocycles. The van der Waals surface area contributed by atoms with Crippen LogP contribution in [0.2, 0.25) is 0 Å². The van der Waals surface area contributed by atoms with Crippen LogP contribution in [-0.2, 0) is 10.0 Å². The number of aryl methyl sites for hydroxylation is 2. The number of ether oxygens (including phenoxy) is 1. The molecule has 0 bridgehead atoms. The third-order valence-corrected chi connectivity index (χ3v) is 6.09. The maximum absolute atomic E-state index is 12.8. The SMILES string of the molecule is COc1ccc([C@@H](C)NS(=O)(=O)c2c(C)nc3sc(C)nn23)cc1. The van der Waals surface area contributed by atoms with E-state index in [0.29, 0.717) is 10.7 Å². The average molecular weight is 366 g/mol. The van der Waals surface area contributed by atoms with E-state index in [1.54, 1.807) is 33.1 Å². The minimum atomic E-state index is -3.76. The van der Waals surface area contributed by atoms with Crippen LogP contribution in [-0.4, -0.2) is 30.1 Å². The predicted molar refractivity (Wildman–Crippen MR) is 92.1 cm³/mol. The van der Waals surface area contributed by atoms with E-state index in [9.17, 15) is 8.42 Å². The van der Waals surface area contributed by atoms with E-state index < -0.39 is 16.1 Å². The molecule has 0 aliphatic carbocycles. The van der Waals surface area contributed by atoms with E-state index in [1.807, 2.05) is 19.1 Å². The van der Waals surface area contributed by atoms with E-state index in [-0.39, 0.29) is 5.03 Å². The molecule has 2 heterocycles. The van der Waals surface area contributed by atoms with Gasteiger partial charge < -0.3 is 4.74 Å². The number of nitrogens with one attached hydrogen (secondary N) is 1. The molecule has 3 rings (SSSR count). The molecule has 24 heavy (non-hydrogen) atoms. The second-order valence-electron chi connectivity index (χ2n) is 5.43. The van der Waals surface area contributed by atoms with Crippen LogP contribution in [0.25, 0.3) is 4.96 Å². The lowest BCUT2D eigenvalue weighted by Crippen LogP contribution is -2.28. The Labute approximate surface area is 144 Å². The van der Waals surface area contributed by atoms with Crippen molar-refractivity contribution < 1.29 is 13.2 Å². The second kappa shape index (κ2) is 6.15. The molecule has 0 amide bonds. The zero-order chi connectivity index (χ0) is 17.5. The van der Waals surface area contributed by atoms with E-state index >= 15 is 0 Å². The molecule has 7 nitrogen and oxygen atoms in total. The number of nitrogens with zero attached hydrogens (tertiary/aromatic N) is 3. The number of sulfonamides is 1. The summed E-state index contributed by atoms with van der Waals surface area (Å²) >= 11 is 1.36. The van der Waals surface area contributed by atoms with Crippen LogP contribution in [0.4, 0.5) is 0 Å². The summed E-state index contributed by atoms with van der Waals surface area (Å²) in [5, 5.41) is 5.09. The predicted octanol–water partition coefficient (Wildman–Crippen LogP) is 2.46. The van der Waals surface area contributed by atoms with Crippen LogP contribution < -0.4 is 9.46 Å². The highest BCUT2D eigenvalue weighted by atomic mass is 32.2. The lowest BCUT2D eigenvalue weighted by atomic mass is 10.1. The van der Waals surface area contributed by atoms with Crippen molar-refractivity contribution in [2.45, 2.75) is 31.8 Å². The summed E-state index contributed by atoms with van der Waals surface area (Å²) < 4.78 is 34.8. The van der Waals surface area contributed by atoms with Crippen molar-refractivity contribution in [2.75, 3.05) is 7.11 Å². The highest BCUT2D eigenvalue weighted by Gasteiger charge is 2.27. The number of rotatable bonds is 5. The summed E-state index contributed by atoms with van der Waals surface area (Å²) in [6, 6.07) is 6.86. The first-order chi connectivity index (χ1) is 11.3. The van der Waals surface area contributed by atoms with Crippen molar-refractivity contribution in [1.82, 2.24) is 19.3 Å². The van der Waals surface area contributed by atoms with Gasteiger partial charge in [-0.3, -0.25) is 0 Å². The first kappa shape index (κ1) is 16.9. The Balaban J connectivity index is 1.93. The average Bonchev–Trinajstić information content (AvgIpc) is 3.00. The Morgan fingerprint density at radius 3 is 2.54 bits per heavy atom. The van der Waals surface area contributed by atoms with Gasteiger partial charge in [-0.2, -0.15) is 9.61 Å². The number of hydrogen-bond acceptors (Lipinski definition) is 6. The van der Waals surface area contributed by atoms with Crippen LogP contribution in [0.3, 0.4) is 0 Å². The monoisotopic (exact) mass is 366 g/mol. The molecule has 0 unspecified atom stereocenters. The van der Waals surface area contributed by atoms with Gasteiger partial charge in [-0.1, -0.05) is 23.5 Å². The Hall–Kier alpha value is -1.97. The van der Waals surface area contributed by atoms with Gasteiger partial charge in [-0.05, 0) is 38.5 Å². The summed E-state index contributed by atoms with van der Waals surface area (Å²) in [5.74, 6) is 0.722. The number of hydrogen-bond donors (Lipinski definition) is 1. The zero-order valence-corrected chi connectivity index (χ0v) is 15.4. The van der Waals surface area contributed by atoms with E-state index in [2.05, 4.69) is 14.8 Å². The van der Waals surface area contributed by atoms with Gasteiger partial charge in [0.1, 0.15) is 10.8 Å². The Bertz CT molecular complexity index is 974. The molecule has 1 N–H and O–H groups in total. The van der Waals surface area contributed by atoms with Crippen LogP contribution in [0.15, 0.2) is 29.3 Å². The van der Waals surface area contributed by atoms with E-state index in [1.165, 1.54) is 15.9 Å². The highest BCUT2D eigenvalue weighted by Crippen LogP contribution is 2.24. The topological polar surface area (TPSA) is 85.6 Å². The maximum atomic E-state index is 12.8. The lowest BCUT2D eigenvalue weighted by molar-refractivity contribution is 0.414. The molecule has 1 aromatic carbocycles. The highest BCUT2D eigenvalue weighted by molar-refractivity contribution is 7.89. The fourth-order valence-corrected chi connectivity index (χ4v) is 4.83. The molecule has 1 atom stereocenters. The Morgan fingerprint density at radius 1 is 1.25 bits per heavy atom.